The summed E-state index contributed by atoms with van der Waals surface area (Å²) in [7, 11) is 1.96. The van der Waals surface area contributed by atoms with E-state index in [4.69, 9.17) is 0 Å². The molecule has 0 radical (unpaired) electrons. The molecule has 0 amide bonds. The first-order valence-electron chi connectivity index (χ1n) is 6.04. The van der Waals surface area contributed by atoms with Crippen molar-refractivity contribution in [2.75, 3.05) is 5.32 Å². The fraction of sp³-hybridized carbons (Fsp3) is 0.357. The summed E-state index contributed by atoms with van der Waals surface area (Å²) in [5.41, 5.74) is 3.54. The molecule has 1 atom stereocenters. The lowest BCUT2D eigenvalue weighted by Crippen LogP contribution is -2.07. The third kappa shape index (κ3) is 2.67. The van der Waals surface area contributed by atoms with Gasteiger partial charge in [-0.15, -0.1) is 0 Å². The summed E-state index contributed by atoms with van der Waals surface area (Å²) in [5.74, 6) is 0. The van der Waals surface area contributed by atoms with Crippen LogP contribution >= 0.6 is 0 Å². The maximum Gasteiger partial charge on any atom is 0.0853 e. The number of rotatable bonds is 4. The van der Waals surface area contributed by atoms with Crippen molar-refractivity contribution in [1.82, 2.24) is 9.78 Å². The molecule has 3 nitrogen and oxygen atoms in total. The van der Waals surface area contributed by atoms with Gasteiger partial charge in [0.15, 0.2) is 0 Å². The topological polar surface area (TPSA) is 29.9 Å². The van der Waals surface area contributed by atoms with Crippen molar-refractivity contribution in [2.24, 2.45) is 7.05 Å². The number of nitrogens with one attached hydrogen (secondary N) is 1. The maximum atomic E-state index is 4.43. The Morgan fingerprint density at radius 2 is 2.00 bits per heavy atom. The summed E-state index contributed by atoms with van der Waals surface area (Å²) < 4.78 is 1.86. The molecule has 0 aliphatic heterocycles. The molecule has 0 saturated carbocycles. The van der Waals surface area contributed by atoms with Gasteiger partial charge >= 0.3 is 0 Å². The fourth-order valence-corrected chi connectivity index (χ4v) is 1.97. The van der Waals surface area contributed by atoms with Crippen LogP contribution in [-0.4, -0.2) is 9.78 Å². The number of aromatic nitrogens is 2. The number of hydrogen-bond donors (Lipinski definition) is 1. The lowest BCUT2D eigenvalue weighted by Gasteiger charge is -2.15. The standard InChI is InChI=1S/C14H19N3/c1-4-13-14(10-17(3)16-13)15-11(2)12-8-6-5-7-9-12/h5-11,15H,4H2,1-3H3. The Hall–Kier alpha value is -1.77. The first-order valence-corrected chi connectivity index (χ1v) is 6.04. The largest absolute Gasteiger partial charge is 0.376 e. The zero-order chi connectivity index (χ0) is 12.3. The van der Waals surface area contributed by atoms with Crippen molar-refractivity contribution in [3.8, 4) is 0 Å². The van der Waals surface area contributed by atoms with E-state index >= 15 is 0 Å². The number of nitrogens with zero attached hydrogens (tertiary/aromatic N) is 2. The van der Waals surface area contributed by atoms with Crippen molar-refractivity contribution in [1.29, 1.82) is 0 Å². The predicted molar refractivity (Wildman–Crippen MR) is 71.1 cm³/mol. The van der Waals surface area contributed by atoms with E-state index in [0.29, 0.717) is 6.04 Å². The van der Waals surface area contributed by atoms with Crippen molar-refractivity contribution >= 4 is 5.69 Å². The average Bonchev–Trinajstić information content (AvgIpc) is 2.70. The van der Waals surface area contributed by atoms with E-state index in [1.807, 2.05) is 24.0 Å². The van der Waals surface area contributed by atoms with E-state index in [-0.39, 0.29) is 0 Å². The monoisotopic (exact) mass is 229 g/mol. The highest BCUT2D eigenvalue weighted by atomic mass is 15.3. The van der Waals surface area contributed by atoms with E-state index in [1.54, 1.807) is 0 Å². The molecule has 0 fully saturated rings. The molecule has 0 bridgehead atoms. The molecule has 1 aromatic carbocycles. The number of aryl methyl sites for hydroxylation is 2. The van der Waals surface area contributed by atoms with E-state index in [2.05, 4.69) is 48.5 Å². The van der Waals surface area contributed by atoms with Gasteiger partial charge in [0.2, 0.25) is 0 Å². The third-order valence-electron chi connectivity index (χ3n) is 2.91. The van der Waals surface area contributed by atoms with Gasteiger partial charge in [0, 0.05) is 19.3 Å². The lowest BCUT2D eigenvalue weighted by atomic mass is 10.1. The Morgan fingerprint density at radius 1 is 1.29 bits per heavy atom. The molecular formula is C14H19N3. The first-order chi connectivity index (χ1) is 8.20. The normalized spacial score (nSPS) is 12.4. The molecule has 0 spiro atoms. The predicted octanol–water partition coefficient (Wildman–Crippen LogP) is 3.16. The van der Waals surface area contributed by atoms with Gasteiger partial charge in [0.05, 0.1) is 11.4 Å². The summed E-state index contributed by atoms with van der Waals surface area (Å²) >= 11 is 0. The SMILES string of the molecule is CCc1nn(C)cc1NC(C)c1ccccc1. The van der Waals surface area contributed by atoms with Crippen molar-refractivity contribution < 1.29 is 0 Å². The summed E-state index contributed by atoms with van der Waals surface area (Å²) in [6, 6.07) is 10.7. The third-order valence-corrected chi connectivity index (χ3v) is 2.91. The molecule has 0 aliphatic carbocycles. The molecule has 3 heteroatoms. The van der Waals surface area contributed by atoms with Crippen LogP contribution in [0.15, 0.2) is 36.5 Å². The number of hydrogen-bond acceptors (Lipinski definition) is 2. The van der Waals surface area contributed by atoms with Crippen LogP contribution in [0.2, 0.25) is 0 Å². The fourth-order valence-electron chi connectivity index (χ4n) is 1.97. The van der Waals surface area contributed by atoms with Crippen molar-refractivity contribution in [3.05, 3.63) is 47.8 Å². The van der Waals surface area contributed by atoms with E-state index in [1.165, 1.54) is 5.56 Å². The van der Waals surface area contributed by atoms with Crippen LogP contribution < -0.4 is 5.32 Å². The van der Waals surface area contributed by atoms with Crippen LogP contribution in [0.25, 0.3) is 0 Å². The van der Waals surface area contributed by atoms with Crippen molar-refractivity contribution in [2.45, 2.75) is 26.3 Å². The van der Waals surface area contributed by atoms with Gasteiger partial charge in [-0.3, -0.25) is 4.68 Å². The van der Waals surface area contributed by atoms with E-state index in [9.17, 15) is 0 Å². The molecule has 2 aromatic rings. The van der Waals surface area contributed by atoms with Gasteiger partial charge in [-0.05, 0) is 18.9 Å². The number of benzene rings is 1. The first kappa shape index (κ1) is 11.7. The number of anilines is 1. The molecule has 1 heterocycles. The summed E-state index contributed by atoms with van der Waals surface area (Å²) in [6.45, 7) is 4.29. The Morgan fingerprint density at radius 3 is 2.65 bits per heavy atom. The van der Waals surface area contributed by atoms with E-state index < -0.39 is 0 Å². The quantitative estimate of drug-likeness (QED) is 0.872. The maximum absolute atomic E-state index is 4.43. The zero-order valence-electron chi connectivity index (χ0n) is 10.6. The summed E-state index contributed by atoms with van der Waals surface area (Å²) in [6.07, 6.45) is 2.99. The van der Waals surface area contributed by atoms with Crippen LogP contribution in [0.3, 0.4) is 0 Å². The molecule has 90 valence electrons. The molecule has 1 aromatic heterocycles. The molecular weight excluding hydrogens is 210 g/mol. The second-order valence-corrected chi connectivity index (χ2v) is 4.29. The highest BCUT2D eigenvalue weighted by molar-refractivity contribution is 5.48. The minimum Gasteiger partial charge on any atom is -0.376 e. The minimum atomic E-state index is 0.297. The Labute approximate surface area is 102 Å². The Bertz CT molecular complexity index is 473. The van der Waals surface area contributed by atoms with Gasteiger partial charge < -0.3 is 5.32 Å². The summed E-state index contributed by atoms with van der Waals surface area (Å²) in [4.78, 5) is 0. The van der Waals surface area contributed by atoms with Gasteiger partial charge in [-0.1, -0.05) is 37.3 Å². The van der Waals surface area contributed by atoms with Crippen LogP contribution in [0.1, 0.15) is 31.1 Å². The van der Waals surface area contributed by atoms with Crippen molar-refractivity contribution in [3.63, 3.8) is 0 Å². The molecule has 2 rings (SSSR count). The second-order valence-electron chi connectivity index (χ2n) is 4.29. The van der Waals surface area contributed by atoms with Gasteiger partial charge in [-0.25, -0.2) is 0 Å². The molecule has 1 N–H and O–H groups in total. The highest BCUT2D eigenvalue weighted by Crippen LogP contribution is 2.21. The van der Waals surface area contributed by atoms with Gasteiger partial charge in [-0.2, -0.15) is 5.10 Å². The second kappa shape index (κ2) is 5.04. The lowest BCUT2D eigenvalue weighted by molar-refractivity contribution is 0.746. The summed E-state index contributed by atoms with van der Waals surface area (Å²) in [5, 5.41) is 7.95. The van der Waals surface area contributed by atoms with Crippen LogP contribution in [0, 0.1) is 0 Å². The van der Waals surface area contributed by atoms with Crippen LogP contribution in [0.5, 0.6) is 0 Å². The van der Waals surface area contributed by atoms with Crippen LogP contribution in [0.4, 0.5) is 5.69 Å². The van der Waals surface area contributed by atoms with Crippen LogP contribution in [-0.2, 0) is 13.5 Å². The molecule has 17 heavy (non-hydrogen) atoms. The van der Waals surface area contributed by atoms with Gasteiger partial charge in [0.1, 0.15) is 0 Å². The average molecular weight is 229 g/mol. The minimum absolute atomic E-state index is 0.297. The van der Waals surface area contributed by atoms with E-state index in [0.717, 1.165) is 17.8 Å². The molecule has 1 unspecified atom stereocenters. The smallest absolute Gasteiger partial charge is 0.0853 e. The zero-order valence-corrected chi connectivity index (χ0v) is 10.6. The Kier molecular flexibility index (Phi) is 3.47. The molecule has 0 saturated heterocycles. The highest BCUT2D eigenvalue weighted by Gasteiger charge is 2.09. The van der Waals surface area contributed by atoms with Gasteiger partial charge in [0.25, 0.3) is 0 Å². The molecule has 0 aliphatic rings. The Balaban J connectivity index is 2.15.